The van der Waals surface area contributed by atoms with E-state index in [1.165, 1.54) is 0 Å². The molecule has 0 saturated heterocycles. The zero-order valence-corrected chi connectivity index (χ0v) is 19.2. The molecule has 0 amide bonds. The van der Waals surface area contributed by atoms with Gasteiger partial charge >= 0.3 is 11.9 Å². The minimum absolute atomic E-state index is 0.171. The average molecular weight is 472 g/mol. The van der Waals surface area contributed by atoms with Crippen LogP contribution < -0.4 is 10.2 Å². The molecule has 0 fully saturated rings. The molecule has 0 aromatic carbocycles. The van der Waals surface area contributed by atoms with Crippen molar-refractivity contribution in [1.29, 1.82) is 0 Å². The van der Waals surface area contributed by atoms with E-state index in [1.807, 2.05) is 42.3 Å². The lowest BCUT2D eigenvalue weighted by Gasteiger charge is -2.25. The number of quaternary nitrogens is 2. The van der Waals surface area contributed by atoms with Crippen molar-refractivity contribution in [2.75, 3.05) is 55.4 Å². The molecule has 0 aliphatic heterocycles. The summed E-state index contributed by atoms with van der Waals surface area (Å²) in [5.74, 6) is -6.02. The van der Waals surface area contributed by atoms with Crippen LogP contribution in [0.1, 0.15) is 12.8 Å². The molecule has 0 heterocycles. The molecule has 14 heteroatoms. The first kappa shape index (κ1) is 34.3. The molecule has 0 aliphatic carbocycles. The Hall–Kier alpha value is -2.36. The first-order valence-corrected chi connectivity index (χ1v) is 9.27. The third kappa shape index (κ3) is 25.7. The Morgan fingerprint density at radius 1 is 0.625 bits per heavy atom. The van der Waals surface area contributed by atoms with Crippen LogP contribution in [0.25, 0.3) is 0 Å². The molecule has 0 unspecified atom stereocenters. The second-order valence-electron chi connectivity index (χ2n) is 8.98. The van der Waals surface area contributed by atoms with Gasteiger partial charge < -0.3 is 59.4 Å². The van der Waals surface area contributed by atoms with E-state index in [2.05, 4.69) is 0 Å². The topological polar surface area (TPSA) is 236 Å². The van der Waals surface area contributed by atoms with Crippen LogP contribution in [-0.2, 0) is 19.2 Å². The van der Waals surface area contributed by atoms with Crippen molar-refractivity contribution in [3.8, 4) is 0 Å². The van der Waals surface area contributed by atoms with Crippen LogP contribution in [0.3, 0.4) is 0 Å². The molecule has 6 N–H and O–H groups in total. The third-order valence-electron chi connectivity index (χ3n) is 3.12. The van der Waals surface area contributed by atoms with Crippen molar-refractivity contribution in [3.63, 3.8) is 0 Å². The minimum Gasteiger partial charge on any atom is -0.547 e. The first-order chi connectivity index (χ1) is 14.1. The van der Waals surface area contributed by atoms with Crippen molar-refractivity contribution >= 4 is 23.9 Å². The van der Waals surface area contributed by atoms with Crippen molar-refractivity contribution < 1.29 is 69.0 Å². The van der Waals surface area contributed by atoms with Crippen LogP contribution in [0.4, 0.5) is 0 Å². The number of carboxylic acids is 4. The summed E-state index contributed by atoms with van der Waals surface area (Å²) in [6.45, 7) is 0.929. The maximum atomic E-state index is 10.1. The van der Waals surface area contributed by atoms with Crippen molar-refractivity contribution in [1.82, 2.24) is 0 Å². The van der Waals surface area contributed by atoms with E-state index in [4.69, 9.17) is 30.6 Å². The van der Waals surface area contributed by atoms with Gasteiger partial charge in [-0.15, -0.1) is 0 Å². The molecule has 4 atom stereocenters. The van der Waals surface area contributed by atoms with Gasteiger partial charge in [-0.3, -0.25) is 9.59 Å². The highest BCUT2D eigenvalue weighted by Gasteiger charge is 2.19. The maximum absolute atomic E-state index is 10.1. The smallest absolute Gasteiger partial charge is 0.306 e. The number of likely N-dealkylation sites (N-methyl/N-ethyl adjacent to an activating group) is 2. The Morgan fingerprint density at radius 2 is 0.844 bits per heavy atom. The number of aliphatic hydroxyl groups is 4. The van der Waals surface area contributed by atoms with Crippen LogP contribution in [0.5, 0.6) is 0 Å². The van der Waals surface area contributed by atoms with E-state index in [1.54, 1.807) is 0 Å². The number of aliphatic carboxylic acids is 4. The lowest BCUT2D eigenvalue weighted by Crippen LogP contribution is -2.51. The number of aliphatic hydroxyl groups excluding tert-OH is 4. The van der Waals surface area contributed by atoms with Gasteiger partial charge in [0.25, 0.3) is 0 Å². The summed E-state index contributed by atoms with van der Waals surface area (Å²) in [5, 5.41) is 70.7. The Balaban J connectivity index is -0.000000395. The second kappa shape index (κ2) is 15.4. The van der Waals surface area contributed by atoms with Gasteiger partial charge in [0.15, 0.2) is 0 Å². The predicted molar refractivity (Wildman–Crippen MR) is 104 cm³/mol. The lowest BCUT2D eigenvalue weighted by atomic mass is 10.2. The molecule has 0 saturated carbocycles. The van der Waals surface area contributed by atoms with Crippen molar-refractivity contribution in [2.45, 2.75) is 37.3 Å². The van der Waals surface area contributed by atoms with E-state index in [9.17, 15) is 29.4 Å². The summed E-state index contributed by atoms with van der Waals surface area (Å²) in [4.78, 5) is 39.5. The molecular formula is C18H36N2O12. The van der Waals surface area contributed by atoms with Gasteiger partial charge in [-0.25, -0.2) is 0 Å². The van der Waals surface area contributed by atoms with E-state index in [-0.39, 0.29) is 12.8 Å². The Bertz CT molecular complexity index is 546. The molecule has 0 aromatic rings. The Kier molecular flexibility index (Phi) is 16.5. The largest absolute Gasteiger partial charge is 0.547 e. The highest BCUT2D eigenvalue weighted by Crippen LogP contribution is 1.99. The number of rotatable bonds is 11. The predicted octanol–water partition coefficient (Wildman–Crippen LogP) is -5.74. The number of hydrogen-bond donors (Lipinski definition) is 6. The summed E-state index contributed by atoms with van der Waals surface area (Å²) < 4.78 is 1.16. The number of carbonyl (C=O) groups excluding carboxylic acids is 2. The Morgan fingerprint density at radius 3 is 0.969 bits per heavy atom. The standard InChI is InChI=1S/2C7H15NO3.C4H6O6/c2*1-8(2,3)5-6(9)4-7(10)11;5-1(3(7)8)2(6)4(9)10/h2*6,9H,4-5H2,1-3H3;1-2,5-6H,(H,7,8)(H,9,10)/t2*6-;1-,2-/m111/s1. The number of nitrogens with zero attached hydrogens (tertiary/aromatic N) is 2. The van der Waals surface area contributed by atoms with Crippen LogP contribution in [-0.4, -0.2) is 143 Å². The molecule has 14 nitrogen and oxygen atoms in total. The van der Waals surface area contributed by atoms with Crippen LogP contribution in [0.2, 0.25) is 0 Å². The molecule has 0 bridgehead atoms. The van der Waals surface area contributed by atoms with E-state index >= 15 is 0 Å². The van der Waals surface area contributed by atoms with Gasteiger partial charge in [0.2, 0.25) is 0 Å². The lowest BCUT2D eigenvalue weighted by molar-refractivity contribution is -0.873. The van der Waals surface area contributed by atoms with Crippen molar-refractivity contribution in [2.24, 2.45) is 0 Å². The van der Waals surface area contributed by atoms with Gasteiger partial charge in [-0.1, -0.05) is 0 Å². The van der Waals surface area contributed by atoms with E-state index in [0.717, 1.165) is 0 Å². The molecule has 0 spiro atoms. The molecule has 0 radical (unpaired) electrons. The molecular weight excluding hydrogens is 436 g/mol. The summed E-state index contributed by atoms with van der Waals surface area (Å²) in [6.07, 6.45) is -6.71. The SMILES string of the molecule is C[N+](C)(C)C[C@H](O)CC(=O)O.C[N+](C)(C)C[C@H](O)CC(=O)O.O=C([O-])[C@H](O)[C@@H](O)C(=O)[O-]. The van der Waals surface area contributed by atoms with Crippen LogP contribution in [0.15, 0.2) is 0 Å². The second-order valence-corrected chi connectivity index (χ2v) is 8.98. The number of carboxylic acid groups (broad SMARTS) is 4. The fourth-order valence-electron chi connectivity index (χ4n) is 2.05. The van der Waals surface area contributed by atoms with Crippen LogP contribution >= 0.6 is 0 Å². The summed E-state index contributed by atoms with van der Waals surface area (Å²) in [7, 11) is 11.4. The first-order valence-electron chi connectivity index (χ1n) is 9.27. The number of hydrogen-bond acceptors (Lipinski definition) is 10. The van der Waals surface area contributed by atoms with Gasteiger partial charge in [0.05, 0.1) is 67.1 Å². The zero-order valence-electron chi connectivity index (χ0n) is 19.2. The fourth-order valence-corrected chi connectivity index (χ4v) is 2.05. The van der Waals surface area contributed by atoms with E-state index < -0.39 is 48.3 Å². The normalized spacial score (nSPS) is 14.9. The van der Waals surface area contributed by atoms with Gasteiger partial charge in [0.1, 0.15) is 37.5 Å². The summed E-state index contributed by atoms with van der Waals surface area (Å²) in [6, 6.07) is 0. The maximum Gasteiger partial charge on any atom is 0.306 e. The van der Waals surface area contributed by atoms with E-state index in [0.29, 0.717) is 22.1 Å². The zero-order chi connectivity index (χ0) is 26.4. The molecule has 0 aromatic heterocycles. The molecule has 190 valence electrons. The number of carbonyl (C=O) groups is 4. The molecule has 0 aliphatic rings. The highest BCUT2D eigenvalue weighted by molar-refractivity contribution is 5.80. The molecule has 0 rings (SSSR count). The van der Waals surface area contributed by atoms with Crippen molar-refractivity contribution in [3.05, 3.63) is 0 Å². The molecule has 32 heavy (non-hydrogen) atoms. The van der Waals surface area contributed by atoms with Gasteiger partial charge in [0, 0.05) is 0 Å². The van der Waals surface area contributed by atoms with Gasteiger partial charge in [-0.05, 0) is 0 Å². The fraction of sp³-hybridized carbons (Fsp3) is 0.778. The summed E-state index contributed by atoms with van der Waals surface area (Å²) in [5.41, 5.74) is 0. The van der Waals surface area contributed by atoms with Crippen LogP contribution in [0, 0.1) is 0 Å². The monoisotopic (exact) mass is 472 g/mol. The highest BCUT2D eigenvalue weighted by atomic mass is 16.4. The third-order valence-corrected chi connectivity index (χ3v) is 3.12. The average Bonchev–Trinajstić information content (AvgIpc) is 2.48. The van der Waals surface area contributed by atoms with Gasteiger partial charge in [-0.2, -0.15) is 0 Å². The summed E-state index contributed by atoms with van der Waals surface area (Å²) >= 11 is 0. The minimum atomic E-state index is -2.44. The Labute approximate surface area is 186 Å². The quantitative estimate of drug-likeness (QED) is 0.154.